The van der Waals surface area contributed by atoms with E-state index >= 15 is 0 Å². The minimum atomic E-state index is 0.573. The van der Waals surface area contributed by atoms with Gasteiger partial charge in [-0.25, -0.2) is 0 Å². The SMILES string of the molecule is N=C1C=CC2=CC=C[CH+]C2=C1. The molecule has 0 amide bonds. The highest BCUT2D eigenvalue weighted by atomic mass is 14.4. The molecule has 2 aliphatic carbocycles. The van der Waals surface area contributed by atoms with Gasteiger partial charge in [0.15, 0.2) is 0 Å². The topological polar surface area (TPSA) is 23.9 Å². The molecule has 2 rings (SSSR count). The zero-order valence-corrected chi connectivity index (χ0v) is 6.04. The molecule has 0 heterocycles. The van der Waals surface area contributed by atoms with Gasteiger partial charge in [-0.15, -0.1) is 0 Å². The molecule has 0 aromatic carbocycles. The zero-order chi connectivity index (χ0) is 7.68. The lowest BCUT2D eigenvalue weighted by Gasteiger charge is -2.04. The second-order valence-electron chi connectivity index (χ2n) is 2.56. The van der Waals surface area contributed by atoms with Crippen LogP contribution in [0.2, 0.25) is 0 Å². The lowest BCUT2D eigenvalue weighted by atomic mass is 9.93. The first-order chi connectivity index (χ1) is 5.36. The van der Waals surface area contributed by atoms with Crippen LogP contribution in [0.4, 0.5) is 0 Å². The molecule has 1 heteroatoms. The van der Waals surface area contributed by atoms with E-state index in [1.165, 1.54) is 5.57 Å². The number of fused-ring (bicyclic) bond motifs is 1. The largest absolute Gasteiger partial charge is 0.290 e. The van der Waals surface area contributed by atoms with E-state index in [0.717, 1.165) is 5.57 Å². The van der Waals surface area contributed by atoms with Crippen LogP contribution < -0.4 is 0 Å². The van der Waals surface area contributed by atoms with Crippen molar-refractivity contribution in [3.63, 3.8) is 0 Å². The monoisotopic (exact) mass is 142 g/mol. The third-order valence-corrected chi connectivity index (χ3v) is 1.75. The van der Waals surface area contributed by atoms with E-state index in [2.05, 4.69) is 6.08 Å². The normalized spacial score (nSPS) is 20.2. The Morgan fingerprint density at radius 3 is 3.09 bits per heavy atom. The summed E-state index contributed by atoms with van der Waals surface area (Å²) < 4.78 is 0. The summed E-state index contributed by atoms with van der Waals surface area (Å²) in [6.07, 6.45) is 13.7. The molecule has 0 saturated carbocycles. The molecule has 0 radical (unpaired) electrons. The highest BCUT2D eigenvalue weighted by Gasteiger charge is 2.15. The van der Waals surface area contributed by atoms with E-state index in [1.807, 2.05) is 36.8 Å². The summed E-state index contributed by atoms with van der Waals surface area (Å²) in [6.45, 7) is 0. The quantitative estimate of drug-likeness (QED) is 0.501. The predicted molar refractivity (Wildman–Crippen MR) is 46.5 cm³/mol. The maximum atomic E-state index is 7.38. The van der Waals surface area contributed by atoms with E-state index in [0.29, 0.717) is 5.71 Å². The molecule has 0 fully saturated rings. The first-order valence-electron chi connectivity index (χ1n) is 3.57. The van der Waals surface area contributed by atoms with Crippen LogP contribution in [0.25, 0.3) is 0 Å². The van der Waals surface area contributed by atoms with Crippen LogP contribution in [0.3, 0.4) is 0 Å². The smallest absolute Gasteiger partial charge is 0.106 e. The fourth-order valence-corrected chi connectivity index (χ4v) is 1.19. The van der Waals surface area contributed by atoms with Crippen LogP contribution >= 0.6 is 0 Å². The van der Waals surface area contributed by atoms with E-state index in [-0.39, 0.29) is 0 Å². The Morgan fingerprint density at radius 2 is 2.18 bits per heavy atom. The predicted octanol–water partition coefficient (Wildman–Crippen LogP) is 2.20. The molecule has 2 aliphatic rings. The average Bonchev–Trinajstić information content (AvgIpc) is 2.04. The third kappa shape index (κ3) is 1.05. The minimum absolute atomic E-state index is 0.573. The van der Waals surface area contributed by atoms with Gasteiger partial charge in [-0.3, -0.25) is 5.41 Å². The fourth-order valence-electron chi connectivity index (χ4n) is 1.19. The molecule has 0 atom stereocenters. The third-order valence-electron chi connectivity index (χ3n) is 1.75. The van der Waals surface area contributed by atoms with Gasteiger partial charge in [0.05, 0.1) is 11.3 Å². The van der Waals surface area contributed by atoms with Crippen LogP contribution in [-0.2, 0) is 0 Å². The summed E-state index contributed by atoms with van der Waals surface area (Å²) in [5, 5.41) is 7.38. The molecule has 11 heavy (non-hydrogen) atoms. The Morgan fingerprint density at radius 1 is 1.27 bits per heavy atom. The molecule has 1 nitrogen and oxygen atoms in total. The van der Waals surface area contributed by atoms with Crippen molar-refractivity contribution in [2.24, 2.45) is 0 Å². The molecule has 0 spiro atoms. The Bertz CT molecular complexity index is 314. The molecule has 0 aromatic rings. The standard InChI is InChI=1S/C10H8N/c11-10-6-5-8-3-1-2-4-9(8)7-10/h1-7,11H/q+1. The van der Waals surface area contributed by atoms with Crippen LogP contribution in [0.5, 0.6) is 0 Å². The first kappa shape index (κ1) is 6.23. The number of allylic oxidation sites excluding steroid dienone is 8. The Balaban J connectivity index is 2.44. The Kier molecular flexibility index (Phi) is 1.29. The first-order valence-corrected chi connectivity index (χ1v) is 3.57. The van der Waals surface area contributed by atoms with Gasteiger partial charge in [0.2, 0.25) is 0 Å². The maximum Gasteiger partial charge on any atom is 0.106 e. The summed E-state index contributed by atoms with van der Waals surface area (Å²) in [4.78, 5) is 0. The van der Waals surface area contributed by atoms with Gasteiger partial charge in [0, 0.05) is 30.7 Å². The highest BCUT2D eigenvalue weighted by Crippen LogP contribution is 2.22. The van der Waals surface area contributed by atoms with E-state index in [1.54, 1.807) is 0 Å². The molecular formula is C10H8N+. The summed E-state index contributed by atoms with van der Waals surface area (Å²) in [7, 11) is 0. The van der Waals surface area contributed by atoms with Crippen molar-refractivity contribution in [3.05, 3.63) is 54.0 Å². The van der Waals surface area contributed by atoms with Gasteiger partial charge in [0.1, 0.15) is 5.57 Å². The van der Waals surface area contributed by atoms with Gasteiger partial charge >= 0.3 is 0 Å². The summed E-state index contributed by atoms with van der Waals surface area (Å²) >= 11 is 0. The molecule has 0 aliphatic heterocycles. The molecular weight excluding hydrogens is 134 g/mol. The molecule has 0 aromatic heterocycles. The average molecular weight is 142 g/mol. The van der Waals surface area contributed by atoms with Gasteiger partial charge in [-0.1, -0.05) is 0 Å². The van der Waals surface area contributed by atoms with Crippen molar-refractivity contribution in [2.45, 2.75) is 0 Å². The number of nitrogens with one attached hydrogen (secondary N) is 1. The summed E-state index contributed by atoms with van der Waals surface area (Å²) in [5.74, 6) is 0. The van der Waals surface area contributed by atoms with E-state index in [4.69, 9.17) is 5.41 Å². The Hall–Kier alpha value is -1.50. The number of hydrogen-bond acceptors (Lipinski definition) is 1. The number of hydrogen-bond donors (Lipinski definition) is 1. The van der Waals surface area contributed by atoms with Crippen molar-refractivity contribution < 1.29 is 0 Å². The molecule has 52 valence electrons. The van der Waals surface area contributed by atoms with Crippen LogP contribution in [-0.4, -0.2) is 5.71 Å². The van der Waals surface area contributed by atoms with Crippen LogP contribution in [0.15, 0.2) is 47.6 Å². The molecule has 0 saturated heterocycles. The highest BCUT2D eigenvalue weighted by molar-refractivity contribution is 6.05. The van der Waals surface area contributed by atoms with Crippen molar-refractivity contribution >= 4 is 5.71 Å². The minimum Gasteiger partial charge on any atom is -0.290 e. The summed E-state index contributed by atoms with van der Waals surface area (Å²) in [5.41, 5.74) is 2.91. The van der Waals surface area contributed by atoms with Crippen molar-refractivity contribution in [3.8, 4) is 0 Å². The molecule has 0 unspecified atom stereocenters. The van der Waals surface area contributed by atoms with Crippen LogP contribution in [0, 0.1) is 11.8 Å². The lowest BCUT2D eigenvalue weighted by molar-refractivity contribution is 1.40. The second-order valence-corrected chi connectivity index (χ2v) is 2.56. The summed E-state index contributed by atoms with van der Waals surface area (Å²) in [6, 6.07) is 0. The van der Waals surface area contributed by atoms with Gasteiger partial charge in [-0.2, -0.15) is 0 Å². The van der Waals surface area contributed by atoms with Crippen molar-refractivity contribution in [2.75, 3.05) is 0 Å². The Labute approximate surface area is 65.9 Å². The van der Waals surface area contributed by atoms with Crippen molar-refractivity contribution in [1.29, 1.82) is 5.41 Å². The van der Waals surface area contributed by atoms with Gasteiger partial charge < -0.3 is 0 Å². The zero-order valence-electron chi connectivity index (χ0n) is 6.04. The van der Waals surface area contributed by atoms with E-state index < -0.39 is 0 Å². The molecule has 1 N–H and O–H groups in total. The van der Waals surface area contributed by atoms with Gasteiger partial charge in [0.25, 0.3) is 0 Å². The fraction of sp³-hybridized carbons (Fsp3) is 0. The number of rotatable bonds is 0. The molecule has 0 bridgehead atoms. The van der Waals surface area contributed by atoms with Crippen LogP contribution in [0.1, 0.15) is 0 Å². The van der Waals surface area contributed by atoms with E-state index in [9.17, 15) is 0 Å². The maximum absolute atomic E-state index is 7.38. The van der Waals surface area contributed by atoms with Crippen molar-refractivity contribution in [1.82, 2.24) is 0 Å². The van der Waals surface area contributed by atoms with Gasteiger partial charge in [-0.05, 0) is 12.2 Å². The lowest BCUT2D eigenvalue weighted by Crippen LogP contribution is -2.00. The second kappa shape index (κ2) is 2.27.